The molecule has 0 unspecified atom stereocenters. The highest BCUT2D eigenvalue weighted by atomic mass is 32.2. The van der Waals surface area contributed by atoms with Gasteiger partial charge in [-0.2, -0.15) is 5.10 Å². The van der Waals surface area contributed by atoms with E-state index in [1.165, 1.54) is 10.4 Å². The van der Waals surface area contributed by atoms with Gasteiger partial charge in [-0.25, -0.2) is 0 Å². The van der Waals surface area contributed by atoms with E-state index >= 15 is 0 Å². The summed E-state index contributed by atoms with van der Waals surface area (Å²) in [6.07, 6.45) is 6.95. The van der Waals surface area contributed by atoms with Crippen molar-refractivity contribution in [1.29, 1.82) is 0 Å². The standard InChI is InChI=1S/C13H13N3OS2/c1-18-12-9-7(6-13(3-4-13)15-11(9)17)10(19-12)8-2-5-14-16-8/h2,5H,3-4,6H2,1H3,(H,14,16)(H,15,17). The molecular weight excluding hydrogens is 278 g/mol. The maximum absolute atomic E-state index is 12.4. The van der Waals surface area contributed by atoms with Gasteiger partial charge in [0, 0.05) is 11.7 Å². The van der Waals surface area contributed by atoms with Crippen LogP contribution < -0.4 is 5.32 Å². The Morgan fingerprint density at radius 1 is 1.47 bits per heavy atom. The number of hydrogen-bond acceptors (Lipinski definition) is 4. The number of nitrogens with one attached hydrogen (secondary N) is 2. The third-order valence-electron chi connectivity index (χ3n) is 3.88. The van der Waals surface area contributed by atoms with E-state index in [-0.39, 0.29) is 11.4 Å². The highest BCUT2D eigenvalue weighted by molar-refractivity contribution is 8.00. The lowest BCUT2D eigenvalue weighted by Crippen LogP contribution is -2.43. The van der Waals surface area contributed by atoms with Gasteiger partial charge in [0.25, 0.3) is 5.91 Å². The smallest absolute Gasteiger partial charge is 0.254 e. The minimum atomic E-state index is 0.0512. The Morgan fingerprint density at radius 2 is 2.32 bits per heavy atom. The summed E-state index contributed by atoms with van der Waals surface area (Å²) >= 11 is 3.35. The number of carbonyl (C=O) groups is 1. The SMILES string of the molecule is CSc1sc(-c2ccn[nH]2)c2c1C(=O)NC1(CC1)C2. The molecule has 1 fully saturated rings. The van der Waals surface area contributed by atoms with Gasteiger partial charge in [0.2, 0.25) is 0 Å². The van der Waals surface area contributed by atoms with E-state index in [9.17, 15) is 4.79 Å². The number of H-pyrrole nitrogens is 1. The molecule has 4 nitrogen and oxygen atoms in total. The molecule has 2 aliphatic rings. The molecule has 0 aromatic carbocycles. The van der Waals surface area contributed by atoms with Gasteiger partial charge in [0.05, 0.1) is 20.3 Å². The van der Waals surface area contributed by atoms with E-state index in [4.69, 9.17) is 0 Å². The number of rotatable bonds is 2. The maximum atomic E-state index is 12.4. The minimum Gasteiger partial charge on any atom is -0.346 e. The van der Waals surface area contributed by atoms with Crippen LogP contribution in [0.5, 0.6) is 0 Å². The zero-order chi connectivity index (χ0) is 13.0. The molecule has 0 saturated heterocycles. The van der Waals surface area contributed by atoms with Crippen LogP contribution in [0.25, 0.3) is 10.6 Å². The molecule has 2 aromatic rings. The van der Waals surface area contributed by atoms with Crippen LogP contribution in [0.2, 0.25) is 0 Å². The lowest BCUT2D eigenvalue weighted by Gasteiger charge is -2.24. The predicted molar refractivity (Wildman–Crippen MR) is 76.8 cm³/mol. The first-order valence-electron chi connectivity index (χ1n) is 6.24. The number of aromatic amines is 1. The monoisotopic (exact) mass is 291 g/mol. The van der Waals surface area contributed by atoms with E-state index in [0.29, 0.717) is 0 Å². The number of nitrogens with zero attached hydrogens (tertiary/aromatic N) is 1. The summed E-state index contributed by atoms with van der Waals surface area (Å²) in [5, 5.41) is 10.2. The summed E-state index contributed by atoms with van der Waals surface area (Å²) < 4.78 is 1.10. The first kappa shape index (κ1) is 11.5. The van der Waals surface area contributed by atoms with Crippen LogP contribution in [0.15, 0.2) is 16.5 Å². The Kier molecular flexibility index (Phi) is 2.35. The molecule has 1 aliphatic carbocycles. The number of thioether (sulfide) groups is 1. The lowest BCUT2D eigenvalue weighted by molar-refractivity contribution is 0.0917. The van der Waals surface area contributed by atoms with Gasteiger partial charge in [0.15, 0.2) is 0 Å². The Morgan fingerprint density at radius 3 is 2.95 bits per heavy atom. The molecule has 2 aromatic heterocycles. The molecular formula is C13H13N3OS2. The van der Waals surface area contributed by atoms with Gasteiger partial charge in [-0.05, 0) is 37.1 Å². The van der Waals surface area contributed by atoms with Crippen LogP contribution in [0.3, 0.4) is 0 Å². The number of amides is 1. The van der Waals surface area contributed by atoms with Crippen LogP contribution in [0.4, 0.5) is 0 Å². The Labute approximate surface area is 119 Å². The van der Waals surface area contributed by atoms with E-state index in [1.54, 1.807) is 29.3 Å². The molecule has 0 atom stereocenters. The first-order chi connectivity index (χ1) is 9.22. The molecule has 3 heterocycles. The summed E-state index contributed by atoms with van der Waals surface area (Å²) in [5.74, 6) is 0.102. The molecule has 6 heteroatoms. The van der Waals surface area contributed by atoms with Crippen LogP contribution in [-0.2, 0) is 6.42 Å². The van der Waals surface area contributed by atoms with Crippen molar-refractivity contribution in [3.63, 3.8) is 0 Å². The van der Waals surface area contributed by atoms with Crippen LogP contribution in [0, 0.1) is 0 Å². The second-order valence-electron chi connectivity index (χ2n) is 5.16. The fraction of sp³-hybridized carbons (Fsp3) is 0.385. The summed E-state index contributed by atoms with van der Waals surface area (Å²) in [5.41, 5.74) is 3.17. The highest BCUT2D eigenvalue weighted by Gasteiger charge is 2.49. The van der Waals surface area contributed by atoms with E-state index in [2.05, 4.69) is 15.5 Å². The van der Waals surface area contributed by atoms with Gasteiger partial charge in [-0.3, -0.25) is 9.89 Å². The quantitative estimate of drug-likeness (QED) is 0.836. The first-order valence-corrected chi connectivity index (χ1v) is 8.28. The van der Waals surface area contributed by atoms with Crippen molar-refractivity contribution < 1.29 is 4.79 Å². The summed E-state index contributed by atoms with van der Waals surface area (Å²) in [6, 6.07) is 1.97. The zero-order valence-electron chi connectivity index (χ0n) is 10.4. The fourth-order valence-corrected chi connectivity index (χ4v) is 4.75. The average molecular weight is 291 g/mol. The second kappa shape index (κ2) is 3.86. The van der Waals surface area contributed by atoms with Crippen molar-refractivity contribution in [2.24, 2.45) is 0 Å². The number of thiophene rings is 1. The van der Waals surface area contributed by atoms with Crippen molar-refractivity contribution in [1.82, 2.24) is 15.5 Å². The molecule has 98 valence electrons. The number of aromatic nitrogens is 2. The summed E-state index contributed by atoms with van der Waals surface area (Å²) in [6.45, 7) is 0. The van der Waals surface area contributed by atoms with E-state index in [1.807, 2.05) is 12.3 Å². The van der Waals surface area contributed by atoms with E-state index in [0.717, 1.165) is 34.7 Å². The van der Waals surface area contributed by atoms with Gasteiger partial charge < -0.3 is 5.32 Å². The van der Waals surface area contributed by atoms with Crippen molar-refractivity contribution in [3.8, 4) is 10.6 Å². The minimum absolute atomic E-state index is 0.0512. The molecule has 2 N–H and O–H groups in total. The molecule has 1 amide bonds. The van der Waals surface area contributed by atoms with Gasteiger partial charge in [0.1, 0.15) is 0 Å². The molecule has 0 bridgehead atoms. The summed E-state index contributed by atoms with van der Waals surface area (Å²) in [4.78, 5) is 13.5. The molecule has 1 spiro atoms. The highest BCUT2D eigenvalue weighted by Crippen LogP contribution is 2.49. The van der Waals surface area contributed by atoms with Gasteiger partial charge in [-0.15, -0.1) is 23.1 Å². The number of hydrogen-bond donors (Lipinski definition) is 2. The van der Waals surface area contributed by atoms with Crippen molar-refractivity contribution in [3.05, 3.63) is 23.4 Å². The zero-order valence-corrected chi connectivity index (χ0v) is 12.1. The molecule has 4 rings (SSSR count). The summed E-state index contributed by atoms with van der Waals surface area (Å²) in [7, 11) is 0. The maximum Gasteiger partial charge on any atom is 0.254 e. The average Bonchev–Trinajstić information content (AvgIpc) is 2.83. The lowest BCUT2D eigenvalue weighted by atomic mass is 9.94. The number of fused-ring (bicyclic) bond motifs is 1. The predicted octanol–water partition coefficient (Wildman–Crippen LogP) is 2.68. The van der Waals surface area contributed by atoms with Crippen molar-refractivity contribution in [2.45, 2.75) is 29.0 Å². The van der Waals surface area contributed by atoms with Crippen LogP contribution in [-0.4, -0.2) is 27.9 Å². The second-order valence-corrected chi connectivity index (χ2v) is 7.25. The van der Waals surface area contributed by atoms with Crippen LogP contribution >= 0.6 is 23.1 Å². The third-order valence-corrected chi connectivity index (χ3v) is 6.26. The molecule has 0 radical (unpaired) electrons. The molecule has 1 aliphatic heterocycles. The topological polar surface area (TPSA) is 57.8 Å². The normalized spacial score (nSPS) is 19.3. The van der Waals surface area contributed by atoms with Crippen LogP contribution in [0.1, 0.15) is 28.8 Å². The van der Waals surface area contributed by atoms with Crippen molar-refractivity contribution >= 4 is 29.0 Å². The van der Waals surface area contributed by atoms with E-state index < -0.39 is 0 Å². The Bertz CT molecular complexity index is 656. The van der Waals surface area contributed by atoms with Gasteiger partial charge in [-0.1, -0.05) is 0 Å². The van der Waals surface area contributed by atoms with Crippen molar-refractivity contribution in [2.75, 3.05) is 6.26 Å². The van der Waals surface area contributed by atoms with Gasteiger partial charge >= 0.3 is 0 Å². The fourth-order valence-electron chi connectivity index (χ4n) is 2.72. The largest absolute Gasteiger partial charge is 0.346 e. The number of carbonyl (C=O) groups excluding carboxylic acids is 1. The third kappa shape index (κ3) is 1.66. The Balaban J connectivity index is 1.92. The molecule has 19 heavy (non-hydrogen) atoms. The Hall–Kier alpha value is -1.27. The molecule has 1 saturated carbocycles.